The zero-order valence-electron chi connectivity index (χ0n) is 14.1. The predicted molar refractivity (Wildman–Crippen MR) is 90.7 cm³/mol. The summed E-state index contributed by atoms with van der Waals surface area (Å²) in [6, 6.07) is 4.76. The minimum atomic E-state index is -3.64. The molecule has 128 valence electrons. The normalized spacial score (nSPS) is 13.3. The Labute approximate surface area is 138 Å². The Morgan fingerprint density at radius 1 is 1.26 bits per heavy atom. The standard InChI is InChI=1S/C16H24N2O4S/c1-11(2)12(3)18-16(19)9-7-13-6-8-14(22-5)15(10-13)23(20,21)17-4/h6-12,17H,1-5H3,(H,18,19)/b9-7+. The number of carbonyl (C=O) groups is 1. The lowest BCUT2D eigenvalue weighted by Gasteiger charge is -2.15. The molecule has 1 atom stereocenters. The number of hydrogen-bond donors (Lipinski definition) is 2. The lowest BCUT2D eigenvalue weighted by atomic mass is 10.1. The summed E-state index contributed by atoms with van der Waals surface area (Å²) in [5, 5.41) is 2.85. The maximum absolute atomic E-state index is 12.0. The van der Waals surface area contributed by atoms with E-state index in [2.05, 4.69) is 10.0 Å². The average molecular weight is 340 g/mol. The van der Waals surface area contributed by atoms with Crippen molar-refractivity contribution in [3.8, 4) is 5.75 Å². The molecule has 0 radical (unpaired) electrons. The van der Waals surface area contributed by atoms with Gasteiger partial charge in [-0.25, -0.2) is 13.1 Å². The number of carbonyl (C=O) groups excluding carboxylic acids is 1. The monoisotopic (exact) mass is 340 g/mol. The number of amides is 1. The molecule has 1 aromatic rings. The molecule has 0 aliphatic rings. The van der Waals surface area contributed by atoms with Crippen LogP contribution in [0, 0.1) is 5.92 Å². The van der Waals surface area contributed by atoms with Crippen molar-refractivity contribution in [1.82, 2.24) is 10.0 Å². The van der Waals surface area contributed by atoms with Gasteiger partial charge in [0.2, 0.25) is 15.9 Å². The van der Waals surface area contributed by atoms with Gasteiger partial charge in [0.25, 0.3) is 0 Å². The highest BCUT2D eigenvalue weighted by Gasteiger charge is 2.17. The van der Waals surface area contributed by atoms with Crippen LogP contribution >= 0.6 is 0 Å². The van der Waals surface area contributed by atoms with E-state index in [1.165, 1.54) is 26.3 Å². The van der Waals surface area contributed by atoms with E-state index in [0.29, 0.717) is 11.5 Å². The molecule has 0 saturated heterocycles. The number of hydrogen-bond acceptors (Lipinski definition) is 4. The SMILES string of the molecule is CNS(=O)(=O)c1cc(/C=C/C(=O)NC(C)C(C)C)ccc1OC. The Hall–Kier alpha value is -1.86. The van der Waals surface area contributed by atoms with E-state index in [1.807, 2.05) is 20.8 Å². The highest BCUT2D eigenvalue weighted by molar-refractivity contribution is 7.89. The molecule has 1 amide bonds. The van der Waals surface area contributed by atoms with Gasteiger partial charge in [0.1, 0.15) is 10.6 Å². The Bertz CT molecular complexity index is 681. The second kappa shape index (κ2) is 8.12. The first-order chi connectivity index (χ1) is 10.7. The molecule has 23 heavy (non-hydrogen) atoms. The van der Waals surface area contributed by atoms with Crippen LogP contribution in [0.3, 0.4) is 0 Å². The van der Waals surface area contributed by atoms with E-state index in [4.69, 9.17) is 4.74 Å². The summed E-state index contributed by atoms with van der Waals surface area (Å²) >= 11 is 0. The van der Waals surface area contributed by atoms with Gasteiger partial charge in [-0.3, -0.25) is 4.79 Å². The summed E-state index contributed by atoms with van der Waals surface area (Å²) in [5.41, 5.74) is 0.590. The molecule has 2 N–H and O–H groups in total. The van der Waals surface area contributed by atoms with E-state index in [-0.39, 0.29) is 22.6 Å². The predicted octanol–water partition coefficient (Wildman–Crippen LogP) is 1.78. The first kappa shape index (κ1) is 19.2. The van der Waals surface area contributed by atoms with Crippen molar-refractivity contribution < 1.29 is 17.9 Å². The molecule has 0 aromatic heterocycles. The van der Waals surface area contributed by atoms with Crippen LogP contribution in [-0.2, 0) is 14.8 Å². The molecule has 0 aliphatic carbocycles. The van der Waals surface area contributed by atoms with E-state index in [9.17, 15) is 13.2 Å². The van der Waals surface area contributed by atoms with E-state index in [0.717, 1.165) is 0 Å². The number of rotatable bonds is 7. The van der Waals surface area contributed by atoms with Crippen molar-refractivity contribution in [1.29, 1.82) is 0 Å². The quantitative estimate of drug-likeness (QED) is 0.741. The number of nitrogens with one attached hydrogen (secondary N) is 2. The summed E-state index contributed by atoms with van der Waals surface area (Å²) < 4.78 is 31.3. The maximum atomic E-state index is 12.0. The van der Waals surface area contributed by atoms with Gasteiger partial charge < -0.3 is 10.1 Å². The van der Waals surface area contributed by atoms with Crippen LogP contribution in [0.1, 0.15) is 26.3 Å². The van der Waals surface area contributed by atoms with Crippen molar-refractivity contribution in [2.45, 2.75) is 31.7 Å². The molecule has 6 nitrogen and oxygen atoms in total. The molecule has 0 bridgehead atoms. The Morgan fingerprint density at radius 3 is 2.43 bits per heavy atom. The Morgan fingerprint density at radius 2 is 1.91 bits per heavy atom. The fourth-order valence-corrected chi connectivity index (χ4v) is 2.66. The second-order valence-corrected chi connectivity index (χ2v) is 7.35. The van der Waals surface area contributed by atoms with Crippen molar-refractivity contribution in [3.05, 3.63) is 29.8 Å². The maximum Gasteiger partial charge on any atom is 0.244 e. The summed E-state index contributed by atoms with van der Waals surface area (Å²) in [6.07, 6.45) is 2.95. The first-order valence-corrected chi connectivity index (χ1v) is 8.79. The van der Waals surface area contributed by atoms with Gasteiger partial charge in [0, 0.05) is 12.1 Å². The van der Waals surface area contributed by atoms with Gasteiger partial charge in [-0.15, -0.1) is 0 Å². The number of benzene rings is 1. The van der Waals surface area contributed by atoms with E-state index >= 15 is 0 Å². The van der Waals surface area contributed by atoms with Gasteiger partial charge >= 0.3 is 0 Å². The molecule has 7 heteroatoms. The molecule has 0 spiro atoms. The van der Waals surface area contributed by atoms with Gasteiger partial charge in [-0.2, -0.15) is 0 Å². The van der Waals surface area contributed by atoms with Crippen molar-refractivity contribution >= 4 is 22.0 Å². The minimum absolute atomic E-state index is 0.0283. The third-order valence-electron chi connectivity index (χ3n) is 3.54. The van der Waals surface area contributed by atoms with Crippen molar-refractivity contribution in [2.75, 3.05) is 14.2 Å². The molecule has 0 saturated carbocycles. The fourth-order valence-electron chi connectivity index (χ4n) is 1.73. The number of sulfonamides is 1. The largest absolute Gasteiger partial charge is 0.495 e. The van der Waals surface area contributed by atoms with Gasteiger partial charge in [0.15, 0.2) is 0 Å². The Kier molecular flexibility index (Phi) is 6.78. The number of methoxy groups -OCH3 is 1. The lowest BCUT2D eigenvalue weighted by Crippen LogP contribution is -2.34. The van der Waals surface area contributed by atoms with Crippen LogP contribution < -0.4 is 14.8 Å². The molecule has 1 rings (SSSR count). The van der Waals surface area contributed by atoms with Crippen LogP contribution in [0.25, 0.3) is 6.08 Å². The van der Waals surface area contributed by atoms with Crippen LogP contribution in [0.2, 0.25) is 0 Å². The molecular weight excluding hydrogens is 316 g/mol. The van der Waals surface area contributed by atoms with Crippen molar-refractivity contribution in [2.24, 2.45) is 5.92 Å². The first-order valence-electron chi connectivity index (χ1n) is 7.31. The van der Waals surface area contributed by atoms with Gasteiger partial charge in [-0.1, -0.05) is 19.9 Å². The summed E-state index contributed by atoms with van der Waals surface area (Å²) in [4.78, 5) is 11.9. The van der Waals surface area contributed by atoms with Gasteiger partial charge in [0.05, 0.1) is 7.11 Å². The minimum Gasteiger partial charge on any atom is -0.495 e. The second-order valence-electron chi connectivity index (χ2n) is 5.49. The molecule has 0 fully saturated rings. The number of ether oxygens (including phenoxy) is 1. The zero-order chi connectivity index (χ0) is 17.6. The Balaban J connectivity index is 3.00. The van der Waals surface area contributed by atoms with E-state index in [1.54, 1.807) is 18.2 Å². The highest BCUT2D eigenvalue weighted by Crippen LogP contribution is 2.25. The molecule has 1 aromatic carbocycles. The van der Waals surface area contributed by atoms with E-state index < -0.39 is 10.0 Å². The third-order valence-corrected chi connectivity index (χ3v) is 4.98. The summed E-state index contributed by atoms with van der Waals surface area (Å²) in [6.45, 7) is 5.97. The van der Waals surface area contributed by atoms with Crippen LogP contribution in [0.4, 0.5) is 0 Å². The molecular formula is C16H24N2O4S. The third kappa shape index (κ3) is 5.37. The molecule has 1 unspecified atom stereocenters. The lowest BCUT2D eigenvalue weighted by molar-refractivity contribution is -0.117. The summed E-state index contributed by atoms with van der Waals surface area (Å²) in [5.74, 6) is 0.357. The van der Waals surface area contributed by atoms with Crippen molar-refractivity contribution in [3.63, 3.8) is 0 Å². The zero-order valence-corrected chi connectivity index (χ0v) is 14.9. The topological polar surface area (TPSA) is 84.5 Å². The van der Waals surface area contributed by atoms with Gasteiger partial charge in [-0.05, 0) is 43.7 Å². The highest BCUT2D eigenvalue weighted by atomic mass is 32.2. The fraction of sp³-hybridized carbons (Fsp3) is 0.438. The summed E-state index contributed by atoms with van der Waals surface area (Å²) in [7, 11) is -0.907. The van der Waals surface area contributed by atoms with Crippen LogP contribution in [0.5, 0.6) is 5.75 Å². The smallest absolute Gasteiger partial charge is 0.244 e. The van der Waals surface area contributed by atoms with Crippen LogP contribution in [0.15, 0.2) is 29.2 Å². The molecule has 0 heterocycles. The molecule has 0 aliphatic heterocycles. The average Bonchev–Trinajstić information content (AvgIpc) is 2.52. The van der Waals surface area contributed by atoms with Crippen LogP contribution in [-0.4, -0.2) is 34.5 Å².